The smallest absolute Gasteiger partial charge is 0.238 e. The number of nitrogen functional groups attached to an aromatic ring is 1. The fourth-order valence-electron chi connectivity index (χ4n) is 3.89. The summed E-state index contributed by atoms with van der Waals surface area (Å²) in [4.78, 5) is 23.5. The lowest BCUT2D eigenvalue weighted by molar-refractivity contribution is -0.117. The topological polar surface area (TPSA) is 115 Å². The molecular formula is C23H28N6O3. The number of carbonyl (C=O) groups is 1. The second-order valence-electron chi connectivity index (χ2n) is 7.77. The van der Waals surface area contributed by atoms with Gasteiger partial charge in [-0.2, -0.15) is 4.98 Å². The number of aromatic nitrogens is 2. The number of anilines is 3. The Morgan fingerprint density at radius 3 is 2.47 bits per heavy atom. The van der Waals surface area contributed by atoms with Crippen molar-refractivity contribution in [3.8, 4) is 11.5 Å². The second-order valence-corrected chi connectivity index (χ2v) is 7.77. The molecule has 9 nitrogen and oxygen atoms in total. The van der Waals surface area contributed by atoms with Gasteiger partial charge in [0.1, 0.15) is 5.82 Å². The van der Waals surface area contributed by atoms with E-state index in [-0.39, 0.29) is 11.9 Å². The van der Waals surface area contributed by atoms with Gasteiger partial charge in [-0.15, -0.1) is 0 Å². The van der Waals surface area contributed by atoms with E-state index in [4.69, 9.17) is 15.2 Å². The lowest BCUT2D eigenvalue weighted by atomic mass is 10.1. The molecule has 0 spiro atoms. The molecule has 1 amide bonds. The highest BCUT2D eigenvalue weighted by Gasteiger charge is 2.22. The Labute approximate surface area is 186 Å². The highest BCUT2D eigenvalue weighted by Crippen LogP contribution is 2.33. The van der Waals surface area contributed by atoms with Crippen molar-refractivity contribution in [1.29, 1.82) is 0 Å². The zero-order valence-electron chi connectivity index (χ0n) is 18.3. The highest BCUT2D eigenvalue weighted by atomic mass is 16.5. The van der Waals surface area contributed by atoms with Crippen LogP contribution in [0.3, 0.4) is 0 Å². The molecule has 0 radical (unpaired) electrons. The number of benzene rings is 2. The number of ether oxygens (including phenoxy) is 2. The Balaban J connectivity index is 1.35. The maximum atomic E-state index is 12.3. The van der Waals surface area contributed by atoms with Crippen LogP contribution >= 0.6 is 0 Å². The number of carbonyl (C=O) groups excluding carboxylic acids is 1. The molecule has 0 saturated carbocycles. The van der Waals surface area contributed by atoms with E-state index in [0.717, 1.165) is 31.6 Å². The molecular weight excluding hydrogens is 408 g/mol. The second kappa shape index (κ2) is 9.69. The van der Waals surface area contributed by atoms with Crippen LogP contribution in [0.1, 0.15) is 12.8 Å². The van der Waals surface area contributed by atoms with E-state index in [2.05, 4.69) is 25.5 Å². The van der Waals surface area contributed by atoms with Gasteiger partial charge >= 0.3 is 0 Å². The fraction of sp³-hybridized carbons (Fsp3) is 0.348. The van der Waals surface area contributed by atoms with Crippen LogP contribution in [0, 0.1) is 0 Å². The van der Waals surface area contributed by atoms with Crippen molar-refractivity contribution in [3.05, 3.63) is 42.5 Å². The molecule has 0 atom stereocenters. The van der Waals surface area contributed by atoms with Gasteiger partial charge in [-0.1, -0.05) is 18.2 Å². The van der Waals surface area contributed by atoms with Crippen LogP contribution in [0.4, 0.5) is 17.5 Å². The summed E-state index contributed by atoms with van der Waals surface area (Å²) in [6.07, 6.45) is 1.76. The van der Waals surface area contributed by atoms with Crippen LogP contribution in [0.2, 0.25) is 0 Å². The lowest BCUT2D eigenvalue weighted by Gasteiger charge is -2.31. The number of methoxy groups -OCH3 is 2. The molecule has 4 rings (SSSR count). The predicted octanol–water partition coefficient (Wildman–Crippen LogP) is 2.74. The zero-order valence-corrected chi connectivity index (χ0v) is 18.3. The molecule has 3 aromatic rings. The molecule has 0 unspecified atom stereocenters. The van der Waals surface area contributed by atoms with Crippen LogP contribution in [0.25, 0.3) is 10.9 Å². The number of likely N-dealkylation sites (tertiary alicyclic amines) is 1. The summed E-state index contributed by atoms with van der Waals surface area (Å²) in [5.41, 5.74) is 7.68. The number of hydrogen-bond donors (Lipinski definition) is 3. The molecule has 1 aliphatic rings. The summed E-state index contributed by atoms with van der Waals surface area (Å²) < 4.78 is 10.7. The molecule has 168 valence electrons. The molecule has 4 N–H and O–H groups in total. The quantitative estimate of drug-likeness (QED) is 0.518. The molecule has 0 bridgehead atoms. The van der Waals surface area contributed by atoms with Gasteiger partial charge in [0.05, 0.1) is 26.3 Å². The van der Waals surface area contributed by atoms with Gasteiger partial charge in [-0.25, -0.2) is 4.98 Å². The summed E-state index contributed by atoms with van der Waals surface area (Å²) in [6.45, 7) is 2.00. The van der Waals surface area contributed by atoms with Crippen LogP contribution in [-0.4, -0.2) is 60.7 Å². The Kier molecular flexibility index (Phi) is 6.55. The number of rotatable bonds is 7. The first kappa shape index (κ1) is 21.6. The van der Waals surface area contributed by atoms with Crippen LogP contribution in [0.5, 0.6) is 11.5 Å². The van der Waals surface area contributed by atoms with E-state index < -0.39 is 0 Å². The molecule has 1 aromatic heterocycles. The normalized spacial score (nSPS) is 14.8. The van der Waals surface area contributed by atoms with Gasteiger partial charge in [0.2, 0.25) is 11.9 Å². The van der Waals surface area contributed by atoms with Crippen molar-refractivity contribution in [2.45, 2.75) is 18.9 Å². The van der Waals surface area contributed by atoms with Gasteiger partial charge in [-0.05, 0) is 31.0 Å². The zero-order chi connectivity index (χ0) is 22.5. The average Bonchev–Trinajstić information content (AvgIpc) is 2.80. The molecule has 1 aliphatic heterocycles. The molecule has 0 aliphatic carbocycles. The Hall–Kier alpha value is -3.59. The lowest BCUT2D eigenvalue weighted by Crippen LogP contribution is -2.42. The molecule has 1 saturated heterocycles. The van der Waals surface area contributed by atoms with Crippen molar-refractivity contribution in [2.75, 3.05) is 50.2 Å². The standard InChI is InChI=1S/C23H28N6O3/c1-31-19-12-17-18(13-20(19)32-2)27-23(28-22(17)24)26-16-8-10-29(11-9-16)14-21(30)25-15-6-4-3-5-7-15/h3-7,12-13,16H,8-11,14H2,1-2H3,(H,25,30)(H3,24,26,27,28). The highest BCUT2D eigenvalue weighted by molar-refractivity contribution is 5.92. The molecule has 2 heterocycles. The largest absolute Gasteiger partial charge is 0.493 e. The molecule has 32 heavy (non-hydrogen) atoms. The third-order valence-corrected chi connectivity index (χ3v) is 5.58. The monoisotopic (exact) mass is 436 g/mol. The third-order valence-electron chi connectivity index (χ3n) is 5.58. The summed E-state index contributed by atoms with van der Waals surface area (Å²) in [7, 11) is 3.16. The van der Waals surface area contributed by atoms with Crippen molar-refractivity contribution < 1.29 is 14.3 Å². The van der Waals surface area contributed by atoms with E-state index in [1.165, 1.54) is 0 Å². The number of nitrogens with one attached hydrogen (secondary N) is 2. The summed E-state index contributed by atoms with van der Waals surface area (Å²) in [5, 5.41) is 7.04. The van der Waals surface area contributed by atoms with Crippen molar-refractivity contribution in [3.63, 3.8) is 0 Å². The number of piperidine rings is 1. The van der Waals surface area contributed by atoms with E-state index in [0.29, 0.717) is 40.7 Å². The Morgan fingerprint density at radius 1 is 1.09 bits per heavy atom. The minimum atomic E-state index is -0.00220. The molecule has 2 aromatic carbocycles. The van der Waals surface area contributed by atoms with Crippen LogP contribution < -0.4 is 25.8 Å². The predicted molar refractivity (Wildman–Crippen MR) is 125 cm³/mol. The fourth-order valence-corrected chi connectivity index (χ4v) is 3.89. The van der Waals surface area contributed by atoms with Gasteiger partial charge in [0, 0.05) is 36.3 Å². The maximum absolute atomic E-state index is 12.3. The Morgan fingerprint density at radius 2 is 1.78 bits per heavy atom. The first-order valence-corrected chi connectivity index (χ1v) is 10.6. The number of fused-ring (bicyclic) bond motifs is 1. The van der Waals surface area contributed by atoms with E-state index in [1.807, 2.05) is 30.3 Å². The van der Waals surface area contributed by atoms with E-state index >= 15 is 0 Å². The number of nitrogens with zero attached hydrogens (tertiary/aromatic N) is 3. The maximum Gasteiger partial charge on any atom is 0.238 e. The van der Waals surface area contributed by atoms with Gasteiger partial charge in [0.15, 0.2) is 11.5 Å². The van der Waals surface area contributed by atoms with Gasteiger partial charge < -0.3 is 25.8 Å². The number of para-hydroxylation sites is 1. The summed E-state index contributed by atoms with van der Waals surface area (Å²) in [5.74, 6) is 2.04. The summed E-state index contributed by atoms with van der Waals surface area (Å²) >= 11 is 0. The number of amides is 1. The number of nitrogens with two attached hydrogens (primary N) is 1. The van der Waals surface area contributed by atoms with Crippen molar-refractivity contribution in [1.82, 2.24) is 14.9 Å². The minimum absolute atomic E-state index is 0.00220. The van der Waals surface area contributed by atoms with Crippen molar-refractivity contribution >= 4 is 34.3 Å². The van der Waals surface area contributed by atoms with E-state index in [9.17, 15) is 4.79 Å². The van der Waals surface area contributed by atoms with Crippen molar-refractivity contribution in [2.24, 2.45) is 0 Å². The Bertz CT molecular complexity index is 1080. The van der Waals surface area contributed by atoms with Gasteiger partial charge in [-0.3, -0.25) is 9.69 Å². The average molecular weight is 437 g/mol. The summed E-state index contributed by atoms with van der Waals surface area (Å²) in [6, 6.07) is 13.3. The first-order valence-electron chi connectivity index (χ1n) is 10.6. The molecule has 1 fully saturated rings. The van der Waals surface area contributed by atoms with Crippen LogP contribution in [0.15, 0.2) is 42.5 Å². The van der Waals surface area contributed by atoms with Gasteiger partial charge in [0.25, 0.3) is 0 Å². The molecule has 9 heteroatoms. The van der Waals surface area contributed by atoms with E-state index in [1.54, 1.807) is 26.4 Å². The van der Waals surface area contributed by atoms with Crippen LogP contribution in [-0.2, 0) is 4.79 Å². The minimum Gasteiger partial charge on any atom is -0.493 e. The third kappa shape index (κ3) is 5.00. The number of hydrogen-bond acceptors (Lipinski definition) is 8. The first-order chi connectivity index (χ1) is 15.6. The SMILES string of the molecule is COc1cc2nc(NC3CCN(CC(=O)Nc4ccccc4)CC3)nc(N)c2cc1OC.